The number of amides is 2. The molecule has 1 saturated carbocycles. The van der Waals surface area contributed by atoms with Crippen LogP contribution in [0.4, 0.5) is 0 Å². The first kappa shape index (κ1) is 17.8. The Bertz CT molecular complexity index is 801. The molecule has 2 fully saturated rings. The molecule has 1 aromatic rings. The van der Waals surface area contributed by atoms with Crippen molar-refractivity contribution in [2.24, 2.45) is 28.8 Å². The van der Waals surface area contributed by atoms with Gasteiger partial charge in [0.1, 0.15) is 0 Å². The fourth-order valence-corrected chi connectivity index (χ4v) is 4.33. The first-order valence-corrected chi connectivity index (χ1v) is 9.49. The second-order valence-corrected chi connectivity index (χ2v) is 7.45. The van der Waals surface area contributed by atoms with Crippen molar-refractivity contribution in [2.75, 3.05) is 7.11 Å². The molecule has 1 aromatic carbocycles. The molecule has 142 valence electrons. The maximum absolute atomic E-state index is 12.7. The molecule has 1 aliphatic heterocycles. The number of carbonyl (C=O) groups is 2. The molecule has 0 unspecified atom stereocenters. The molecule has 2 amide bonds. The molecule has 2 bridgehead atoms. The van der Waals surface area contributed by atoms with Gasteiger partial charge in [0, 0.05) is 5.56 Å². The lowest BCUT2D eigenvalue weighted by Crippen LogP contribution is -2.28. The summed E-state index contributed by atoms with van der Waals surface area (Å²) in [5.74, 6) is 0.652. The molecule has 2 aliphatic carbocycles. The highest BCUT2D eigenvalue weighted by molar-refractivity contribution is 6.07. The highest BCUT2D eigenvalue weighted by atomic mass is 16.5. The third-order valence-corrected chi connectivity index (χ3v) is 5.88. The first-order valence-electron chi connectivity index (χ1n) is 9.49. The van der Waals surface area contributed by atoms with Gasteiger partial charge in [-0.2, -0.15) is 10.1 Å². The summed E-state index contributed by atoms with van der Waals surface area (Å²) in [6.45, 7) is 4.02. The Kier molecular flexibility index (Phi) is 4.50. The Morgan fingerprint density at radius 1 is 1.22 bits per heavy atom. The van der Waals surface area contributed by atoms with Crippen molar-refractivity contribution in [2.45, 2.75) is 32.8 Å². The van der Waals surface area contributed by atoms with Crippen LogP contribution in [0.5, 0.6) is 11.5 Å². The van der Waals surface area contributed by atoms with Crippen LogP contribution in [-0.4, -0.2) is 36.3 Å². The number of benzene rings is 1. The number of rotatable bonds is 6. The van der Waals surface area contributed by atoms with Crippen molar-refractivity contribution in [1.29, 1.82) is 0 Å². The van der Waals surface area contributed by atoms with E-state index in [0.29, 0.717) is 17.1 Å². The normalized spacial score (nSPS) is 29.7. The number of fused-ring (bicyclic) bond motifs is 5. The fourth-order valence-electron chi connectivity index (χ4n) is 4.33. The molecule has 0 radical (unpaired) electrons. The number of para-hydroxylation sites is 1. The molecule has 0 spiro atoms. The van der Waals surface area contributed by atoms with Gasteiger partial charge in [-0.25, -0.2) is 0 Å². The summed E-state index contributed by atoms with van der Waals surface area (Å²) in [5, 5.41) is 5.30. The average Bonchev–Trinajstić information content (AvgIpc) is 3.35. The molecule has 1 saturated heterocycles. The van der Waals surface area contributed by atoms with Crippen LogP contribution in [0.1, 0.15) is 32.3 Å². The average molecular weight is 368 g/mol. The minimum Gasteiger partial charge on any atom is -0.493 e. The number of methoxy groups -OCH3 is 1. The van der Waals surface area contributed by atoms with Gasteiger partial charge in [-0.15, -0.1) is 0 Å². The summed E-state index contributed by atoms with van der Waals surface area (Å²) in [5.41, 5.74) is 0.674. The van der Waals surface area contributed by atoms with E-state index in [1.807, 2.05) is 32.0 Å². The summed E-state index contributed by atoms with van der Waals surface area (Å²) < 4.78 is 11.4. The third-order valence-electron chi connectivity index (χ3n) is 5.88. The second kappa shape index (κ2) is 6.83. The summed E-state index contributed by atoms with van der Waals surface area (Å²) in [6.07, 6.45) is 7.43. The van der Waals surface area contributed by atoms with Gasteiger partial charge in [0.25, 0.3) is 11.8 Å². The molecular formula is C21H24N2O4. The largest absolute Gasteiger partial charge is 0.493 e. The Balaban J connectivity index is 1.60. The summed E-state index contributed by atoms with van der Waals surface area (Å²) in [6, 6.07) is 5.48. The van der Waals surface area contributed by atoms with E-state index in [-0.39, 0.29) is 41.6 Å². The van der Waals surface area contributed by atoms with Gasteiger partial charge in [-0.3, -0.25) is 9.59 Å². The number of hydrogen-bond acceptors (Lipinski definition) is 5. The molecule has 5 atom stereocenters. The van der Waals surface area contributed by atoms with E-state index >= 15 is 0 Å². The lowest BCUT2D eigenvalue weighted by molar-refractivity contribution is -0.140. The van der Waals surface area contributed by atoms with Crippen molar-refractivity contribution in [3.8, 4) is 11.5 Å². The van der Waals surface area contributed by atoms with Crippen LogP contribution >= 0.6 is 0 Å². The lowest BCUT2D eigenvalue weighted by atomic mass is 9.85. The highest BCUT2D eigenvalue weighted by Crippen LogP contribution is 2.52. The minimum absolute atomic E-state index is 0.00422. The van der Waals surface area contributed by atoms with Crippen molar-refractivity contribution < 1.29 is 19.1 Å². The summed E-state index contributed by atoms with van der Waals surface area (Å²) in [4.78, 5) is 25.5. The maximum atomic E-state index is 12.7. The number of hydrogen-bond donors (Lipinski definition) is 0. The van der Waals surface area contributed by atoms with E-state index in [1.54, 1.807) is 7.11 Å². The molecule has 4 rings (SSSR count). The van der Waals surface area contributed by atoms with Gasteiger partial charge in [-0.05, 0) is 43.7 Å². The molecule has 1 heterocycles. The van der Waals surface area contributed by atoms with Crippen LogP contribution in [0.2, 0.25) is 0 Å². The molecular weight excluding hydrogens is 344 g/mol. The summed E-state index contributed by atoms with van der Waals surface area (Å²) in [7, 11) is 1.58. The zero-order chi connectivity index (χ0) is 19.1. The van der Waals surface area contributed by atoms with Gasteiger partial charge >= 0.3 is 0 Å². The molecule has 6 heteroatoms. The zero-order valence-electron chi connectivity index (χ0n) is 15.8. The van der Waals surface area contributed by atoms with E-state index in [4.69, 9.17) is 9.47 Å². The Morgan fingerprint density at radius 3 is 2.48 bits per heavy atom. The van der Waals surface area contributed by atoms with Crippen LogP contribution in [0.25, 0.3) is 0 Å². The Labute approximate surface area is 158 Å². The van der Waals surface area contributed by atoms with E-state index < -0.39 is 0 Å². The number of allylic oxidation sites excluding steroid dienone is 2. The molecule has 6 nitrogen and oxygen atoms in total. The predicted molar refractivity (Wildman–Crippen MR) is 101 cm³/mol. The van der Waals surface area contributed by atoms with Crippen molar-refractivity contribution in [3.05, 3.63) is 35.9 Å². The number of ether oxygens (including phenoxy) is 2. The van der Waals surface area contributed by atoms with E-state index in [1.165, 1.54) is 6.21 Å². The molecule has 3 aliphatic rings. The Morgan fingerprint density at radius 2 is 1.89 bits per heavy atom. The number of carbonyl (C=O) groups excluding carboxylic acids is 2. The molecule has 0 aromatic heterocycles. The quantitative estimate of drug-likeness (QED) is 0.440. The van der Waals surface area contributed by atoms with E-state index in [0.717, 1.165) is 17.9 Å². The Hall–Kier alpha value is -2.63. The maximum Gasteiger partial charge on any atom is 0.254 e. The topological polar surface area (TPSA) is 68.2 Å². The van der Waals surface area contributed by atoms with Crippen LogP contribution in [0.3, 0.4) is 0 Å². The van der Waals surface area contributed by atoms with Crippen molar-refractivity contribution in [3.63, 3.8) is 0 Å². The van der Waals surface area contributed by atoms with Gasteiger partial charge in [0.2, 0.25) is 0 Å². The molecule has 0 N–H and O–H groups in total. The highest BCUT2D eigenvalue weighted by Gasteiger charge is 2.59. The molecule has 27 heavy (non-hydrogen) atoms. The number of imide groups is 1. The van der Waals surface area contributed by atoms with Crippen LogP contribution < -0.4 is 9.47 Å². The van der Waals surface area contributed by atoms with Crippen LogP contribution in [0, 0.1) is 23.7 Å². The fraction of sp³-hybridized carbons (Fsp3) is 0.476. The van der Waals surface area contributed by atoms with Crippen LogP contribution in [0.15, 0.2) is 35.5 Å². The predicted octanol–water partition coefficient (Wildman–Crippen LogP) is 3.01. The SMILES string of the molecule is CC[C@H](C)Oc1c(C=NN2C(=O)[C@@H]3[C@H](C2=O)[C@H]2C=C[C@H]3C2)cccc1OC. The van der Waals surface area contributed by atoms with Gasteiger partial charge < -0.3 is 9.47 Å². The minimum atomic E-state index is -0.245. The van der Waals surface area contributed by atoms with E-state index in [2.05, 4.69) is 17.3 Å². The second-order valence-electron chi connectivity index (χ2n) is 7.45. The first-order chi connectivity index (χ1) is 13.0. The third kappa shape index (κ3) is 2.83. The number of nitrogens with zero attached hydrogens (tertiary/aromatic N) is 2. The van der Waals surface area contributed by atoms with Gasteiger partial charge in [-0.1, -0.05) is 25.1 Å². The lowest BCUT2D eigenvalue weighted by Gasteiger charge is -2.17. The van der Waals surface area contributed by atoms with Gasteiger partial charge in [0.15, 0.2) is 11.5 Å². The van der Waals surface area contributed by atoms with E-state index in [9.17, 15) is 9.59 Å². The monoisotopic (exact) mass is 368 g/mol. The zero-order valence-corrected chi connectivity index (χ0v) is 15.8. The van der Waals surface area contributed by atoms with Crippen molar-refractivity contribution in [1.82, 2.24) is 5.01 Å². The standard InChI is InChI=1S/C21H24N2O4/c1-4-12(2)27-19-15(6-5-7-16(19)26-3)11-22-23-20(24)17-13-8-9-14(10-13)18(17)21(23)25/h5-9,11-14,17-18H,4,10H2,1-3H3/t12-,13-,14-,17-,18+/m0/s1. The smallest absolute Gasteiger partial charge is 0.254 e. The summed E-state index contributed by atoms with van der Waals surface area (Å²) >= 11 is 0. The van der Waals surface area contributed by atoms with Gasteiger partial charge in [0.05, 0.1) is 31.3 Å². The van der Waals surface area contributed by atoms with Crippen LogP contribution in [-0.2, 0) is 9.59 Å². The number of hydrazone groups is 1. The van der Waals surface area contributed by atoms with Crippen molar-refractivity contribution >= 4 is 18.0 Å².